The van der Waals surface area contributed by atoms with Gasteiger partial charge in [-0.25, -0.2) is 14.4 Å². The topological polar surface area (TPSA) is 97.4 Å². The van der Waals surface area contributed by atoms with E-state index in [0.29, 0.717) is 5.56 Å². The van der Waals surface area contributed by atoms with Gasteiger partial charge in [-0.3, -0.25) is 0 Å². The first-order valence-corrected chi connectivity index (χ1v) is 12.0. The smallest absolute Gasteiger partial charge is 0.338 e. The highest BCUT2D eigenvalue weighted by Gasteiger charge is 2.50. The molecule has 3 aromatic carbocycles. The van der Waals surface area contributed by atoms with Gasteiger partial charge in [0.15, 0.2) is 18.5 Å². The summed E-state index contributed by atoms with van der Waals surface area (Å²) in [6, 6.07) is 25.1. The van der Waals surface area contributed by atoms with Crippen molar-refractivity contribution in [2.75, 3.05) is 13.7 Å². The van der Waals surface area contributed by atoms with Crippen molar-refractivity contribution < 1.29 is 38.1 Å². The summed E-state index contributed by atoms with van der Waals surface area (Å²) in [4.78, 5) is 38.2. The highest BCUT2D eigenvalue weighted by molar-refractivity contribution is 6.21. The number of alkyl halides is 1. The van der Waals surface area contributed by atoms with Crippen LogP contribution in [-0.2, 0) is 23.7 Å². The minimum atomic E-state index is -1.20. The van der Waals surface area contributed by atoms with Crippen LogP contribution in [0.5, 0.6) is 0 Å². The van der Waals surface area contributed by atoms with Gasteiger partial charge < -0.3 is 23.7 Å². The molecular formula is C28H25ClO8. The number of rotatable bonds is 8. The molecule has 9 heteroatoms. The van der Waals surface area contributed by atoms with Gasteiger partial charge in [-0.1, -0.05) is 54.6 Å². The zero-order valence-electron chi connectivity index (χ0n) is 19.9. The molecule has 0 spiro atoms. The lowest BCUT2D eigenvalue weighted by atomic mass is 10.0. The highest BCUT2D eigenvalue weighted by atomic mass is 35.5. The Bertz CT molecular complexity index is 1190. The maximum Gasteiger partial charge on any atom is 0.338 e. The number of halogens is 1. The number of carbonyl (C=O) groups excluding carboxylic acids is 3. The lowest BCUT2D eigenvalue weighted by Crippen LogP contribution is -2.60. The van der Waals surface area contributed by atoms with E-state index >= 15 is 0 Å². The third-order valence-corrected chi connectivity index (χ3v) is 6.23. The van der Waals surface area contributed by atoms with Crippen LogP contribution in [0.15, 0.2) is 91.0 Å². The normalized spacial score (nSPS) is 23.0. The Morgan fingerprint density at radius 3 is 1.59 bits per heavy atom. The van der Waals surface area contributed by atoms with Crippen molar-refractivity contribution in [3.8, 4) is 0 Å². The molecule has 0 saturated carbocycles. The second kappa shape index (κ2) is 12.5. The molecule has 1 fully saturated rings. The maximum absolute atomic E-state index is 12.9. The summed E-state index contributed by atoms with van der Waals surface area (Å²) >= 11 is 6.72. The Morgan fingerprint density at radius 1 is 0.703 bits per heavy atom. The zero-order chi connectivity index (χ0) is 26.2. The Hall–Kier alpha value is -3.72. The number of ether oxygens (including phenoxy) is 5. The van der Waals surface area contributed by atoms with Crippen molar-refractivity contribution >= 4 is 29.5 Å². The maximum atomic E-state index is 12.9. The van der Waals surface area contributed by atoms with E-state index in [2.05, 4.69) is 0 Å². The molecule has 0 N–H and O–H groups in total. The van der Waals surface area contributed by atoms with Crippen molar-refractivity contribution in [2.24, 2.45) is 0 Å². The fourth-order valence-electron chi connectivity index (χ4n) is 3.80. The first-order chi connectivity index (χ1) is 18.0. The number of esters is 3. The van der Waals surface area contributed by atoms with Crippen molar-refractivity contribution in [2.45, 2.75) is 30.0 Å². The number of hydrogen-bond donors (Lipinski definition) is 0. The SMILES string of the molecule is CO[C@H]1O[C@H](COC(=O)c2ccccc2)[C@@H](Cl)[C@H](OC(=O)c2ccccc2)[C@@H]1OC(=O)c1ccccc1. The van der Waals surface area contributed by atoms with Crippen LogP contribution in [0.4, 0.5) is 0 Å². The minimum Gasteiger partial charge on any atom is -0.459 e. The van der Waals surface area contributed by atoms with Gasteiger partial charge in [0, 0.05) is 7.11 Å². The van der Waals surface area contributed by atoms with Crippen LogP contribution in [0.25, 0.3) is 0 Å². The summed E-state index contributed by atoms with van der Waals surface area (Å²) in [5.41, 5.74) is 0.928. The number of methoxy groups -OCH3 is 1. The second-order valence-corrected chi connectivity index (χ2v) is 8.66. The minimum absolute atomic E-state index is 0.250. The fourth-order valence-corrected chi connectivity index (χ4v) is 4.12. The third kappa shape index (κ3) is 6.54. The molecule has 0 amide bonds. The molecule has 1 heterocycles. The Kier molecular flexibility index (Phi) is 8.90. The van der Waals surface area contributed by atoms with Crippen LogP contribution in [0, 0.1) is 0 Å². The van der Waals surface area contributed by atoms with Gasteiger partial charge in [0.2, 0.25) is 0 Å². The van der Waals surface area contributed by atoms with Crippen LogP contribution in [0.2, 0.25) is 0 Å². The molecule has 1 saturated heterocycles. The highest BCUT2D eigenvalue weighted by Crippen LogP contribution is 2.31. The summed E-state index contributed by atoms with van der Waals surface area (Å²) in [5.74, 6) is -1.92. The van der Waals surface area contributed by atoms with Gasteiger partial charge in [0.25, 0.3) is 0 Å². The third-order valence-electron chi connectivity index (χ3n) is 5.70. The van der Waals surface area contributed by atoms with Crippen molar-refractivity contribution in [3.63, 3.8) is 0 Å². The molecule has 1 aliphatic rings. The predicted molar refractivity (Wildman–Crippen MR) is 133 cm³/mol. The fraction of sp³-hybridized carbons (Fsp3) is 0.250. The molecule has 0 radical (unpaired) electrons. The van der Waals surface area contributed by atoms with E-state index in [1.165, 1.54) is 7.11 Å². The van der Waals surface area contributed by atoms with Crippen molar-refractivity contribution in [1.82, 2.24) is 0 Å². The monoisotopic (exact) mass is 524 g/mol. The quantitative estimate of drug-likeness (QED) is 0.245. The van der Waals surface area contributed by atoms with E-state index < -0.39 is 47.9 Å². The summed E-state index contributed by atoms with van der Waals surface area (Å²) in [7, 11) is 1.35. The summed E-state index contributed by atoms with van der Waals surface area (Å²) in [6.07, 6.45) is -4.47. The average Bonchev–Trinajstić information content (AvgIpc) is 2.95. The Labute approximate surface area is 219 Å². The van der Waals surface area contributed by atoms with Crippen molar-refractivity contribution in [1.29, 1.82) is 0 Å². The summed E-state index contributed by atoms with van der Waals surface area (Å²) in [5, 5.41) is -1.05. The Balaban J connectivity index is 1.55. The molecular weight excluding hydrogens is 500 g/mol. The van der Waals surface area contributed by atoms with E-state index in [-0.39, 0.29) is 17.7 Å². The van der Waals surface area contributed by atoms with Gasteiger partial charge in [0.05, 0.1) is 16.7 Å². The second-order valence-electron chi connectivity index (χ2n) is 8.16. The van der Waals surface area contributed by atoms with E-state index in [4.69, 9.17) is 35.3 Å². The van der Waals surface area contributed by atoms with Crippen LogP contribution < -0.4 is 0 Å². The molecule has 3 aromatic rings. The molecule has 5 atom stereocenters. The van der Waals surface area contributed by atoms with E-state index in [1.807, 2.05) is 0 Å². The summed E-state index contributed by atoms with van der Waals surface area (Å²) < 4.78 is 28.2. The summed E-state index contributed by atoms with van der Waals surface area (Å²) in [6.45, 7) is -0.250. The first kappa shape index (κ1) is 26.3. The predicted octanol–water partition coefficient (Wildman–Crippen LogP) is 4.27. The lowest BCUT2D eigenvalue weighted by Gasteiger charge is -2.42. The first-order valence-electron chi connectivity index (χ1n) is 11.5. The molecule has 8 nitrogen and oxygen atoms in total. The van der Waals surface area contributed by atoms with Gasteiger partial charge in [-0.2, -0.15) is 0 Å². The van der Waals surface area contributed by atoms with Crippen LogP contribution in [0.3, 0.4) is 0 Å². The number of hydrogen-bond acceptors (Lipinski definition) is 8. The Morgan fingerprint density at radius 2 is 1.14 bits per heavy atom. The van der Waals surface area contributed by atoms with Crippen LogP contribution in [0.1, 0.15) is 31.1 Å². The number of carbonyl (C=O) groups is 3. The van der Waals surface area contributed by atoms with Crippen LogP contribution >= 0.6 is 11.6 Å². The molecule has 37 heavy (non-hydrogen) atoms. The molecule has 0 bridgehead atoms. The lowest BCUT2D eigenvalue weighted by molar-refractivity contribution is -0.259. The van der Waals surface area contributed by atoms with Crippen molar-refractivity contribution in [3.05, 3.63) is 108 Å². The average molecular weight is 525 g/mol. The molecule has 1 aliphatic heterocycles. The zero-order valence-corrected chi connectivity index (χ0v) is 20.7. The van der Waals surface area contributed by atoms with E-state index in [0.717, 1.165) is 0 Å². The van der Waals surface area contributed by atoms with Gasteiger partial charge in [-0.15, -0.1) is 11.6 Å². The van der Waals surface area contributed by atoms with Crippen LogP contribution in [-0.4, -0.2) is 61.6 Å². The van der Waals surface area contributed by atoms with E-state index in [1.54, 1.807) is 91.0 Å². The van der Waals surface area contributed by atoms with Gasteiger partial charge in [-0.05, 0) is 36.4 Å². The number of benzene rings is 3. The molecule has 0 aromatic heterocycles. The van der Waals surface area contributed by atoms with Gasteiger partial charge >= 0.3 is 17.9 Å². The molecule has 0 aliphatic carbocycles. The largest absolute Gasteiger partial charge is 0.459 e. The van der Waals surface area contributed by atoms with E-state index in [9.17, 15) is 14.4 Å². The molecule has 0 unspecified atom stereocenters. The van der Waals surface area contributed by atoms with Gasteiger partial charge in [0.1, 0.15) is 18.1 Å². The molecule has 4 rings (SSSR count). The molecule has 192 valence electrons. The standard InChI is InChI=1S/C28H25ClO8/c1-33-28-24(37-27(32)20-15-9-4-10-16-20)23(36-26(31)19-13-7-3-8-14-19)22(29)21(35-28)17-34-25(30)18-11-5-2-6-12-18/h2-16,21-24,28H,17H2,1H3/t21-,22-,23+,24+,28+/m1/s1.